The Morgan fingerprint density at radius 3 is 1.49 bits per heavy atom. The summed E-state index contributed by atoms with van der Waals surface area (Å²) < 4.78 is 0. The van der Waals surface area contributed by atoms with Gasteiger partial charge in [-0.05, 0) is 60.7 Å². The topological polar surface area (TPSA) is 72.2 Å². The summed E-state index contributed by atoms with van der Waals surface area (Å²) in [6, 6.07) is 46.4. The van der Waals surface area contributed by atoms with Crippen molar-refractivity contribution < 1.29 is 22.1 Å². The van der Waals surface area contributed by atoms with Gasteiger partial charge in [0.2, 0.25) is 0 Å². The third-order valence-corrected chi connectivity index (χ3v) is 11.7. The lowest BCUT2D eigenvalue weighted by molar-refractivity contribution is -0.384. The molecule has 0 aliphatic heterocycles. The van der Waals surface area contributed by atoms with Crippen LogP contribution in [0.25, 0.3) is 0 Å². The third-order valence-electron chi connectivity index (χ3n) is 6.42. The summed E-state index contributed by atoms with van der Waals surface area (Å²) in [5.41, 5.74) is 1.36. The lowest BCUT2D eigenvalue weighted by atomic mass is 10.2. The summed E-state index contributed by atoms with van der Waals surface area (Å²) in [5.74, 6) is -0.205. The van der Waals surface area contributed by atoms with Gasteiger partial charge in [-0.3, -0.25) is 20.2 Å². The first-order valence-electron chi connectivity index (χ1n) is 12.6. The predicted octanol–water partition coefficient (Wildman–Crippen LogP) is 3.91. The Labute approximate surface area is 250 Å². The number of nitrogens with zero attached hydrogens (tertiary/aromatic N) is 1. The molecule has 0 atom stereocenters. The highest BCUT2D eigenvalue weighted by atomic mass is 35.5. The van der Waals surface area contributed by atoms with E-state index in [-0.39, 0.29) is 24.0 Å². The number of hydrogen-bond donors (Lipinski definition) is 1. The second kappa shape index (κ2) is 13.9. The number of benzene rings is 5. The molecule has 1 amide bonds. The van der Waals surface area contributed by atoms with E-state index in [2.05, 4.69) is 41.7 Å². The van der Waals surface area contributed by atoms with E-state index in [1.165, 1.54) is 23.9 Å². The van der Waals surface area contributed by atoms with Crippen LogP contribution in [0.15, 0.2) is 161 Å². The quantitative estimate of drug-likeness (QED) is 0.121. The van der Waals surface area contributed by atoms with Crippen LogP contribution in [0.2, 0.25) is 0 Å². The van der Waals surface area contributed by atoms with E-state index in [1.807, 2.05) is 78.2 Å². The van der Waals surface area contributed by atoms with Crippen LogP contribution in [0.4, 0.5) is 5.69 Å². The van der Waals surface area contributed by atoms with Crippen molar-refractivity contribution in [3.8, 4) is 0 Å². The molecule has 5 aromatic rings. The molecule has 5 nitrogen and oxygen atoms in total. The maximum atomic E-state index is 13.7. The molecule has 0 saturated carbocycles. The maximum Gasteiger partial charge on any atom is 0.269 e. The van der Waals surface area contributed by atoms with Crippen LogP contribution in [0, 0.1) is 10.1 Å². The number of carbonyl (C=O) groups excluding carboxylic acids is 1. The first kappa shape index (κ1) is 29.8. The number of halogens is 1. The predicted molar refractivity (Wildman–Crippen MR) is 166 cm³/mol. The number of rotatable bonds is 9. The number of amides is 1. The Kier molecular flexibility index (Phi) is 10.1. The molecule has 0 spiro atoms. The Morgan fingerprint density at radius 1 is 0.659 bits per heavy atom. The van der Waals surface area contributed by atoms with Gasteiger partial charge in [-0.2, -0.15) is 0 Å². The molecule has 0 saturated heterocycles. The van der Waals surface area contributed by atoms with Crippen molar-refractivity contribution in [2.75, 3.05) is 0 Å². The van der Waals surface area contributed by atoms with Crippen molar-refractivity contribution in [2.45, 2.75) is 4.90 Å². The van der Waals surface area contributed by atoms with Gasteiger partial charge >= 0.3 is 0 Å². The number of hydrogen-bond acceptors (Lipinski definition) is 4. The van der Waals surface area contributed by atoms with E-state index in [0.29, 0.717) is 5.56 Å². The minimum Gasteiger partial charge on any atom is -1.00 e. The summed E-state index contributed by atoms with van der Waals surface area (Å²) in [4.78, 5) is 25.3. The molecule has 204 valence electrons. The van der Waals surface area contributed by atoms with Crippen molar-refractivity contribution in [3.05, 3.63) is 172 Å². The highest BCUT2D eigenvalue weighted by molar-refractivity contribution is 8.04. The molecule has 0 aromatic heterocycles. The van der Waals surface area contributed by atoms with Crippen LogP contribution in [0.1, 0.15) is 10.4 Å². The molecule has 1 N–H and O–H groups in total. The summed E-state index contributed by atoms with van der Waals surface area (Å²) in [6.07, 6.45) is 0. The Hall–Kier alpha value is -4.22. The zero-order valence-electron chi connectivity index (χ0n) is 21.8. The first-order valence-corrected chi connectivity index (χ1v) is 15.3. The molecule has 0 radical (unpaired) electrons. The van der Waals surface area contributed by atoms with E-state index in [4.69, 9.17) is 0 Å². The van der Waals surface area contributed by atoms with Gasteiger partial charge in [0.25, 0.3) is 11.6 Å². The number of carbonyl (C=O) groups is 1. The third kappa shape index (κ3) is 6.58. The summed E-state index contributed by atoms with van der Waals surface area (Å²) in [7, 11) is -2.60. The van der Waals surface area contributed by atoms with E-state index < -0.39 is 12.2 Å². The zero-order chi connectivity index (χ0) is 27.8. The minimum atomic E-state index is -2.60. The van der Waals surface area contributed by atoms with Crippen LogP contribution in [0.3, 0.4) is 0 Å². The van der Waals surface area contributed by atoms with Crippen molar-refractivity contribution in [1.82, 2.24) is 5.32 Å². The van der Waals surface area contributed by atoms with E-state index in [0.717, 1.165) is 26.2 Å². The summed E-state index contributed by atoms with van der Waals surface area (Å²) in [5, 5.41) is 19.8. The van der Waals surface area contributed by atoms with E-state index in [1.54, 1.807) is 24.3 Å². The highest BCUT2D eigenvalue weighted by Gasteiger charge is 2.50. The smallest absolute Gasteiger partial charge is 0.269 e. The standard InChI is InChI=1S/C33H25N2O3PS.ClH/c36-33(26-13-5-1-6-14-26)34-32(25-40-31-23-21-27(22-24-31)35(37)38)39(28-15-7-2-8-16-28,29-17-9-3-10-18-29)30-19-11-4-12-20-30;/h1-25H;1H/b32-25-;. The van der Waals surface area contributed by atoms with Gasteiger partial charge in [0.15, 0.2) is 12.7 Å². The maximum absolute atomic E-state index is 13.7. The van der Waals surface area contributed by atoms with Crippen LogP contribution < -0.4 is 33.6 Å². The monoisotopic (exact) mass is 596 g/mol. The molecule has 0 bridgehead atoms. The van der Waals surface area contributed by atoms with E-state index in [9.17, 15) is 14.9 Å². The van der Waals surface area contributed by atoms with Crippen molar-refractivity contribution >= 4 is 46.5 Å². The number of nitro groups is 1. The molecular formula is C33H26ClN2O3PS. The Balaban J connectivity index is 0.00000387. The average molecular weight is 597 g/mol. The molecule has 0 fully saturated rings. The number of nitrogens with one attached hydrogen (secondary N) is 1. The van der Waals surface area contributed by atoms with Gasteiger partial charge in [0.05, 0.1) is 4.92 Å². The molecule has 8 heteroatoms. The minimum absolute atomic E-state index is 0. The van der Waals surface area contributed by atoms with E-state index >= 15 is 0 Å². The molecule has 0 aliphatic carbocycles. The molecule has 5 aromatic carbocycles. The fourth-order valence-corrected chi connectivity index (χ4v) is 9.81. The Morgan fingerprint density at radius 2 is 1.07 bits per heavy atom. The number of non-ortho nitro benzene ring substituents is 1. The fraction of sp³-hybridized carbons (Fsp3) is 0. The molecule has 41 heavy (non-hydrogen) atoms. The van der Waals surface area contributed by atoms with Gasteiger partial charge in [-0.1, -0.05) is 84.6 Å². The second-order valence-electron chi connectivity index (χ2n) is 8.87. The zero-order valence-corrected chi connectivity index (χ0v) is 24.3. The second-order valence-corrected chi connectivity index (χ2v) is 13.2. The van der Waals surface area contributed by atoms with Gasteiger partial charge in [0, 0.05) is 28.0 Å². The number of thioether (sulfide) groups is 1. The average Bonchev–Trinajstić information content (AvgIpc) is 3.02. The fourth-order valence-electron chi connectivity index (χ4n) is 4.56. The largest absolute Gasteiger partial charge is 1.00 e. The molecular weight excluding hydrogens is 571 g/mol. The summed E-state index contributed by atoms with van der Waals surface area (Å²) in [6.45, 7) is 0. The highest BCUT2D eigenvalue weighted by Crippen LogP contribution is 2.62. The van der Waals surface area contributed by atoms with Gasteiger partial charge in [0.1, 0.15) is 15.9 Å². The van der Waals surface area contributed by atoms with Crippen molar-refractivity contribution in [3.63, 3.8) is 0 Å². The van der Waals surface area contributed by atoms with Crippen LogP contribution >= 0.6 is 19.0 Å². The Bertz CT molecular complexity index is 1520. The van der Waals surface area contributed by atoms with Gasteiger partial charge in [-0.15, -0.1) is 0 Å². The van der Waals surface area contributed by atoms with Crippen molar-refractivity contribution in [2.24, 2.45) is 0 Å². The lowest BCUT2D eigenvalue weighted by Gasteiger charge is -2.29. The molecule has 0 heterocycles. The molecule has 0 aliphatic rings. The molecule has 0 unspecified atom stereocenters. The lowest BCUT2D eigenvalue weighted by Crippen LogP contribution is -3.00. The van der Waals surface area contributed by atoms with Gasteiger partial charge in [-0.25, -0.2) is 0 Å². The van der Waals surface area contributed by atoms with Crippen LogP contribution in [-0.4, -0.2) is 10.8 Å². The van der Waals surface area contributed by atoms with Crippen LogP contribution in [0.5, 0.6) is 0 Å². The molecule has 5 rings (SSSR count). The SMILES string of the molecule is O=C(N/C(=C/Sc1ccc([N+](=O)[O-])cc1)[P+](c1ccccc1)(c1ccccc1)c1ccccc1)c1ccccc1.[Cl-]. The summed E-state index contributed by atoms with van der Waals surface area (Å²) >= 11 is 1.43. The van der Waals surface area contributed by atoms with Gasteiger partial charge < -0.3 is 12.4 Å². The normalized spacial score (nSPS) is 11.3. The van der Waals surface area contributed by atoms with Crippen molar-refractivity contribution in [1.29, 1.82) is 0 Å². The van der Waals surface area contributed by atoms with Crippen LogP contribution in [-0.2, 0) is 0 Å². The first-order chi connectivity index (χ1) is 19.6. The number of nitro benzene ring substituents is 1.